The van der Waals surface area contributed by atoms with Crippen LogP contribution >= 0.6 is 11.6 Å². The molecule has 2 aromatic rings. The number of hydrogen-bond acceptors (Lipinski definition) is 2. The van der Waals surface area contributed by atoms with Crippen molar-refractivity contribution < 1.29 is 4.74 Å². The van der Waals surface area contributed by atoms with Crippen LogP contribution in [0.3, 0.4) is 0 Å². The standard InChI is InChI=1S/C18H18ClNO/c19-15-3-1-14(11-20-16-4-5-16)17(10-15)12-2-6-18-13(9-12)7-8-21-18/h1-3,6,9-10,16,20H,4-5,7-8,11H2. The quantitative estimate of drug-likeness (QED) is 0.914. The molecule has 1 N–H and O–H groups in total. The number of fused-ring (bicyclic) bond motifs is 1. The second kappa shape index (κ2) is 5.36. The van der Waals surface area contributed by atoms with Crippen molar-refractivity contribution in [3.63, 3.8) is 0 Å². The summed E-state index contributed by atoms with van der Waals surface area (Å²) in [6.07, 6.45) is 3.61. The van der Waals surface area contributed by atoms with Crippen LogP contribution in [0.2, 0.25) is 5.02 Å². The number of benzene rings is 2. The normalized spacial score (nSPS) is 16.6. The average molecular weight is 300 g/mol. The zero-order valence-corrected chi connectivity index (χ0v) is 12.6. The molecule has 4 rings (SSSR count). The van der Waals surface area contributed by atoms with Gasteiger partial charge >= 0.3 is 0 Å². The predicted molar refractivity (Wildman–Crippen MR) is 85.9 cm³/mol. The zero-order valence-electron chi connectivity index (χ0n) is 11.9. The molecular weight excluding hydrogens is 282 g/mol. The maximum atomic E-state index is 6.21. The summed E-state index contributed by atoms with van der Waals surface area (Å²) in [6.45, 7) is 1.70. The Morgan fingerprint density at radius 3 is 2.90 bits per heavy atom. The minimum absolute atomic E-state index is 0.710. The fourth-order valence-electron chi connectivity index (χ4n) is 2.87. The maximum Gasteiger partial charge on any atom is 0.122 e. The van der Waals surface area contributed by atoms with Gasteiger partial charge in [-0.15, -0.1) is 0 Å². The topological polar surface area (TPSA) is 21.3 Å². The summed E-state index contributed by atoms with van der Waals surface area (Å²) in [7, 11) is 0. The van der Waals surface area contributed by atoms with Crippen LogP contribution in [0.15, 0.2) is 36.4 Å². The van der Waals surface area contributed by atoms with Crippen LogP contribution in [0, 0.1) is 0 Å². The largest absolute Gasteiger partial charge is 0.493 e. The fourth-order valence-corrected chi connectivity index (χ4v) is 3.04. The molecule has 0 amide bonds. The Morgan fingerprint density at radius 2 is 2.05 bits per heavy atom. The Bertz CT molecular complexity index is 679. The van der Waals surface area contributed by atoms with Gasteiger partial charge in [-0.3, -0.25) is 0 Å². The van der Waals surface area contributed by atoms with Crippen molar-refractivity contribution in [2.45, 2.75) is 31.8 Å². The van der Waals surface area contributed by atoms with Crippen LogP contribution in [0.25, 0.3) is 11.1 Å². The number of halogens is 1. The summed E-state index contributed by atoms with van der Waals surface area (Å²) in [5.41, 5.74) is 5.07. The van der Waals surface area contributed by atoms with Crippen molar-refractivity contribution in [2.75, 3.05) is 6.61 Å². The van der Waals surface area contributed by atoms with Crippen LogP contribution in [0.4, 0.5) is 0 Å². The van der Waals surface area contributed by atoms with Crippen LogP contribution in [0.5, 0.6) is 5.75 Å². The highest BCUT2D eigenvalue weighted by atomic mass is 35.5. The molecule has 2 nitrogen and oxygen atoms in total. The molecule has 1 saturated carbocycles. The highest BCUT2D eigenvalue weighted by molar-refractivity contribution is 6.30. The molecule has 0 unspecified atom stereocenters. The van der Waals surface area contributed by atoms with Crippen LogP contribution in [-0.4, -0.2) is 12.6 Å². The first-order valence-corrected chi connectivity index (χ1v) is 7.95. The fraction of sp³-hybridized carbons (Fsp3) is 0.333. The molecule has 0 saturated heterocycles. The third kappa shape index (κ3) is 2.78. The number of ether oxygens (including phenoxy) is 1. The molecular formula is C18H18ClNO. The van der Waals surface area contributed by atoms with Gasteiger partial charge in [0.1, 0.15) is 5.75 Å². The smallest absolute Gasteiger partial charge is 0.122 e. The SMILES string of the molecule is Clc1ccc(CNC2CC2)c(-c2ccc3c(c2)CCO3)c1. The van der Waals surface area contributed by atoms with Crippen molar-refractivity contribution >= 4 is 11.6 Å². The molecule has 0 radical (unpaired) electrons. The molecule has 1 aliphatic carbocycles. The van der Waals surface area contributed by atoms with Gasteiger partial charge in [-0.05, 0) is 59.4 Å². The molecule has 2 aliphatic rings. The lowest BCUT2D eigenvalue weighted by molar-refractivity contribution is 0.357. The Labute approximate surface area is 130 Å². The third-order valence-corrected chi connectivity index (χ3v) is 4.47. The van der Waals surface area contributed by atoms with Crippen molar-refractivity contribution in [1.29, 1.82) is 0 Å². The lowest BCUT2D eigenvalue weighted by atomic mass is 9.97. The van der Waals surface area contributed by atoms with Gasteiger partial charge in [-0.25, -0.2) is 0 Å². The molecule has 0 spiro atoms. The van der Waals surface area contributed by atoms with Crippen molar-refractivity contribution in [1.82, 2.24) is 5.32 Å². The Morgan fingerprint density at radius 1 is 1.14 bits per heavy atom. The van der Waals surface area contributed by atoms with E-state index in [0.29, 0.717) is 6.04 Å². The second-order valence-corrected chi connectivity index (χ2v) is 6.31. The monoisotopic (exact) mass is 299 g/mol. The average Bonchev–Trinajstić information content (AvgIpc) is 3.21. The highest BCUT2D eigenvalue weighted by Gasteiger charge is 2.21. The molecule has 0 aromatic heterocycles. The number of hydrogen-bond donors (Lipinski definition) is 1. The van der Waals surface area contributed by atoms with Crippen molar-refractivity contribution in [2.24, 2.45) is 0 Å². The summed E-state index contributed by atoms with van der Waals surface area (Å²) in [4.78, 5) is 0. The van der Waals surface area contributed by atoms with Gasteiger partial charge in [-0.1, -0.05) is 23.7 Å². The summed E-state index contributed by atoms with van der Waals surface area (Å²) >= 11 is 6.21. The minimum Gasteiger partial charge on any atom is -0.493 e. The van der Waals surface area contributed by atoms with E-state index >= 15 is 0 Å². The van der Waals surface area contributed by atoms with E-state index in [1.54, 1.807) is 0 Å². The van der Waals surface area contributed by atoms with Gasteiger partial charge in [-0.2, -0.15) is 0 Å². The van der Waals surface area contributed by atoms with Gasteiger partial charge in [0.15, 0.2) is 0 Å². The molecule has 1 aliphatic heterocycles. The van der Waals surface area contributed by atoms with E-state index in [-0.39, 0.29) is 0 Å². The molecule has 3 heteroatoms. The van der Waals surface area contributed by atoms with Crippen LogP contribution in [-0.2, 0) is 13.0 Å². The van der Waals surface area contributed by atoms with Crippen molar-refractivity contribution in [3.8, 4) is 16.9 Å². The van der Waals surface area contributed by atoms with E-state index in [2.05, 4.69) is 35.6 Å². The summed E-state index contributed by atoms with van der Waals surface area (Å²) in [5.74, 6) is 1.03. The van der Waals surface area contributed by atoms with E-state index in [4.69, 9.17) is 16.3 Å². The second-order valence-electron chi connectivity index (χ2n) is 5.88. The molecule has 0 atom stereocenters. The van der Waals surface area contributed by atoms with Crippen molar-refractivity contribution in [3.05, 3.63) is 52.5 Å². The molecule has 0 bridgehead atoms. The Kier molecular flexibility index (Phi) is 3.36. The van der Waals surface area contributed by atoms with E-state index < -0.39 is 0 Å². The highest BCUT2D eigenvalue weighted by Crippen LogP contribution is 2.33. The number of rotatable bonds is 4. The molecule has 1 heterocycles. The summed E-state index contributed by atoms with van der Waals surface area (Å²) in [5, 5.41) is 4.38. The minimum atomic E-state index is 0.710. The molecule has 2 aromatic carbocycles. The Balaban J connectivity index is 1.69. The van der Waals surface area contributed by atoms with Crippen LogP contribution in [0.1, 0.15) is 24.0 Å². The van der Waals surface area contributed by atoms with E-state index in [1.807, 2.05) is 6.07 Å². The first-order chi connectivity index (χ1) is 10.3. The lowest BCUT2D eigenvalue weighted by Gasteiger charge is -2.12. The Hall–Kier alpha value is -1.51. The third-order valence-electron chi connectivity index (χ3n) is 4.23. The zero-order chi connectivity index (χ0) is 14.2. The summed E-state index contributed by atoms with van der Waals surface area (Å²) < 4.78 is 5.59. The van der Waals surface area contributed by atoms with Gasteiger partial charge in [0.2, 0.25) is 0 Å². The van der Waals surface area contributed by atoms with Gasteiger partial charge in [0.25, 0.3) is 0 Å². The summed E-state index contributed by atoms with van der Waals surface area (Å²) in [6, 6.07) is 13.4. The van der Waals surface area contributed by atoms with E-state index in [9.17, 15) is 0 Å². The van der Waals surface area contributed by atoms with Crippen LogP contribution < -0.4 is 10.1 Å². The van der Waals surface area contributed by atoms with Gasteiger partial charge in [0, 0.05) is 24.0 Å². The molecule has 108 valence electrons. The van der Waals surface area contributed by atoms with E-state index in [0.717, 1.165) is 30.3 Å². The predicted octanol–water partition coefficient (Wildman–Crippen LogP) is 4.19. The molecule has 21 heavy (non-hydrogen) atoms. The van der Waals surface area contributed by atoms with Gasteiger partial charge in [0.05, 0.1) is 6.61 Å². The first-order valence-electron chi connectivity index (χ1n) is 7.57. The number of nitrogens with one attached hydrogen (secondary N) is 1. The van der Waals surface area contributed by atoms with Gasteiger partial charge < -0.3 is 10.1 Å². The first kappa shape index (κ1) is 13.2. The molecule has 1 fully saturated rings. The maximum absolute atomic E-state index is 6.21. The lowest BCUT2D eigenvalue weighted by Crippen LogP contribution is -2.15. The van der Waals surface area contributed by atoms with E-state index in [1.165, 1.54) is 35.1 Å².